The molecule has 0 atom stereocenters. The molecular weight excluding hydrogens is 224 g/mol. The van der Waals surface area contributed by atoms with Gasteiger partial charge in [0.25, 0.3) is 0 Å². The third-order valence-electron chi connectivity index (χ3n) is 3.15. The summed E-state index contributed by atoms with van der Waals surface area (Å²) in [5, 5.41) is 0. The summed E-state index contributed by atoms with van der Waals surface area (Å²) in [6.07, 6.45) is 6.31. The number of aryl methyl sites for hydroxylation is 1. The second-order valence-corrected chi connectivity index (χ2v) is 5.15. The van der Waals surface area contributed by atoms with Crippen molar-refractivity contribution in [2.45, 2.75) is 39.2 Å². The highest BCUT2D eigenvalue weighted by molar-refractivity contribution is 5.58. The summed E-state index contributed by atoms with van der Waals surface area (Å²) in [6.45, 7) is 6.30. The van der Waals surface area contributed by atoms with E-state index in [4.69, 9.17) is 9.47 Å². The van der Waals surface area contributed by atoms with Crippen LogP contribution in [0, 0.1) is 6.92 Å². The van der Waals surface area contributed by atoms with E-state index in [0.29, 0.717) is 0 Å². The Bertz CT molecular complexity index is 406. The van der Waals surface area contributed by atoms with Crippen LogP contribution in [0.5, 0.6) is 5.75 Å². The predicted octanol–water partition coefficient (Wildman–Crippen LogP) is 4.22. The van der Waals surface area contributed by atoms with Crippen LogP contribution in [0.25, 0.3) is 6.08 Å². The number of hydrogen-bond donors (Lipinski definition) is 0. The molecule has 0 saturated carbocycles. The molecule has 0 bridgehead atoms. The number of hydrogen-bond acceptors (Lipinski definition) is 2. The van der Waals surface area contributed by atoms with Gasteiger partial charge in [-0.2, -0.15) is 0 Å². The van der Waals surface area contributed by atoms with Gasteiger partial charge in [0, 0.05) is 12.7 Å². The van der Waals surface area contributed by atoms with Crippen LogP contribution in [0.1, 0.15) is 37.8 Å². The Hall–Kier alpha value is -1.28. The lowest BCUT2D eigenvalue weighted by Gasteiger charge is -2.21. The van der Waals surface area contributed by atoms with Crippen molar-refractivity contribution < 1.29 is 9.47 Å². The summed E-state index contributed by atoms with van der Waals surface area (Å²) in [5.74, 6) is 0.919. The van der Waals surface area contributed by atoms with Gasteiger partial charge in [-0.25, -0.2) is 0 Å². The number of allylic oxidation sites excluding steroid dienone is 1. The van der Waals surface area contributed by atoms with Gasteiger partial charge < -0.3 is 9.47 Å². The summed E-state index contributed by atoms with van der Waals surface area (Å²) in [6, 6.07) is 6.20. The van der Waals surface area contributed by atoms with E-state index >= 15 is 0 Å². The quantitative estimate of drug-likeness (QED) is 0.750. The van der Waals surface area contributed by atoms with Gasteiger partial charge in [0.2, 0.25) is 0 Å². The monoisotopic (exact) mass is 248 g/mol. The van der Waals surface area contributed by atoms with Crippen molar-refractivity contribution in [3.05, 3.63) is 35.4 Å². The van der Waals surface area contributed by atoms with Crippen molar-refractivity contribution in [3.63, 3.8) is 0 Å². The minimum Gasteiger partial charge on any atom is -0.496 e. The first-order chi connectivity index (χ1) is 8.48. The van der Waals surface area contributed by atoms with Crippen molar-refractivity contribution in [1.82, 2.24) is 0 Å². The Morgan fingerprint density at radius 2 is 1.94 bits per heavy atom. The van der Waals surface area contributed by atoms with Crippen LogP contribution >= 0.6 is 0 Å². The zero-order valence-electron chi connectivity index (χ0n) is 12.1. The lowest BCUT2D eigenvalue weighted by Crippen LogP contribution is -2.21. The number of ether oxygens (including phenoxy) is 2. The Morgan fingerprint density at radius 3 is 2.56 bits per heavy atom. The molecule has 1 rings (SSSR count). The molecule has 0 spiro atoms. The average Bonchev–Trinajstić information content (AvgIpc) is 2.35. The summed E-state index contributed by atoms with van der Waals surface area (Å²) in [4.78, 5) is 0. The molecule has 0 saturated heterocycles. The number of rotatable bonds is 6. The molecule has 100 valence electrons. The molecule has 18 heavy (non-hydrogen) atoms. The summed E-state index contributed by atoms with van der Waals surface area (Å²) in [7, 11) is 3.46. The molecule has 0 heterocycles. The van der Waals surface area contributed by atoms with E-state index in [1.165, 1.54) is 5.56 Å². The molecule has 2 nitrogen and oxygen atoms in total. The summed E-state index contributed by atoms with van der Waals surface area (Å²) >= 11 is 0. The second-order valence-electron chi connectivity index (χ2n) is 5.15. The topological polar surface area (TPSA) is 18.5 Å². The van der Waals surface area contributed by atoms with Crippen LogP contribution in [0.15, 0.2) is 24.3 Å². The maximum absolute atomic E-state index is 5.40. The van der Waals surface area contributed by atoms with Crippen molar-refractivity contribution >= 4 is 6.08 Å². The average molecular weight is 248 g/mol. The van der Waals surface area contributed by atoms with Gasteiger partial charge >= 0.3 is 0 Å². The van der Waals surface area contributed by atoms with Crippen LogP contribution in [0.4, 0.5) is 0 Å². The molecule has 0 aliphatic rings. The van der Waals surface area contributed by atoms with E-state index in [9.17, 15) is 0 Å². The minimum atomic E-state index is -0.0545. The summed E-state index contributed by atoms with van der Waals surface area (Å²) in [5.41, 5.74) is 2.32. The lowest BCUT2D eigenvalue weighted by atomic mass is 10.0. The highest BCUT2D eigenvalue weighted by atomic mass is 16.5. The highest BCUT2D eigenvalue weighted by Crippen LogP contribution is 2.22. The zero-order valence-corrected chi connectivity index (χ0v) is 12.1. The van der Waals surface area contributed by atoms with Crippen LogP contribution in [-0.4, -0.2) is 19.8 Å². The Labute approximate surface area is 111 Å². The van der Waals surface area contributed by atoms with Gasteiger partial charge in [0.05, 0.1) is 12.7 Å². The van der Waals surface area contributed by atoms with Crippen molar-refractivity contribution in [2.75, 3.05) is 14.2 Å². The van der Waals surface area contributed by atoms with Gasteiger partial charge in [-0.15, -0.1) is 0 Å². The molecule has 0 radical (unpaired) electrons. The molecule has 1 aromatic rings. The van der Waals surface area contributed by atoms with Crippen LogP contribution in [-0.2, 0) is 4.74 Å². The zero-order chi connectivity index (χ0) is 13.6. The fraction of sp³-hybridized carbons (Fsp3) is 0.500. The van der Waals surface area contributed by atoms with E-state index in [1.54, 1.807) is 14.2 Å². The van der Waals surface area contributed by atoms with E-state index in [1.807, 2.05) is 6.07 Å². The van der Waals surface area contributed by atoms with Gasteiger partial charge in [-0.05, 0) is 45.7 Å². The van der Waals surface area contributed by atoms with Gasteiger partial charge in [-0.1, -0.05) is 23.8 Å². The van der Waals surface area contributed by atoms with E-state index in [2.05, 4.69) is 45.1 Å². The Morgan fingerprint density at radius 1 is 1.22 bits per heavy atom. The minimum absolute atomic E-state index is 0.0545. The standard InChI is InChI=1S/C16H24O2/c1-13-9-10-15(17-4)14(12-13)8-6-7-11-16(2,3)18-5/h6,8-10,12H,7,11H2,1-5H3/b8-6+. The number of benzene rings is 1. The van der Waals surface area contributed by atoms with E-state index in [-0.39, 0.29) is 5.60 Å². The molecular formula is C16H24O2. The first-order valence-corrected chi connectivity index (χ1v) is 6.35. The highest BCUT2D eigenvalue weighted by Gasteiger charge is 2.14. The Balaban J connectivity index is 2.64. The summed E-state index contributed by atoms with van der Waals surface area (Å²) < 4.78 is 10.7. The molecule has 0 N–H and O–H groups in total. The maximum atomic E-state index is 5.40. The molecule has 0 fully saturated rings. The van der Waals surface area contributed by atoms with Crippen LogP contribution in [0.3, 0.4) is 0 Å². The molecule has 2 heteroatoms. The van der Waals surface area contributed by atoms with Gasteiger partial charge in [-0.3, -0.25) is 0 Å². The van der Waals surface area contributed by atoms with Crippen molar-refractivity contribution in [3.8, 4) is 5.75 Å². The maximum Gasteiger partial charge on any atom is 0.126 e. The molecule has 1 aromatic carbocycles. The fourth-order valence-corrected chi connectivity index (χ4v) is 1.73. The first kappa shape index (κ1) is 14.8. The fourth-order valence-electron chi connectivity index (χ4n) is 1.73. The van der Waals surface area contributed by atoms with Gasteiger partial charge in [0.1, 0.15) is 5.75 Å². The smallest absolute Gasteiger partial charge is 0.126 e. The second kappa shape index (κ2) is 6.60. The van der Waals surface area contributed by atoms with Crippen molar-refractivity contribution in [1.29, 1.82) is 0 Å². The third kappa shape index (κ3) is 4.53. The van der Waals surface area contributed by atoms with E-state index < -0.39 is 0 Å². The molecule has 0 unspecified atom stereocenters. The van der Waals surface area contributed by atoms with Crippen LogP contribution in [0.2, 0.25) is 0 Å². The van der Waals surface area contributed by atoms with Gasteiger partial charge in [0.15, 0.2) is 0 Å². The number of methoxy groups -OCH3 is 2. The molecule has 0 aliphatic heterocycles. The predicted molar refractivity (Wildman–Crippen MR) is 77.1 cm³/mol. The largest absolute Gasteiger partial charge is 0.496 e. The normalized spacial score (nSPS) is 12.1. The SMILES string of the molecule is COc1ccc(C)cc1/C=C/CCC(C)(C)OC. The molecule has 0 aromatic heterocycles. The van der Waals surface area contributed by atoms with Crippen molar-refractivity contribution in [2.24, 2.45) is 0 Å². The molecule has 0 aliphatic carbocycles. The van der Waals surface area contributed by atoms with E-state index in [0.717, 1.165) is 24.2 Å². The third-order valence-corrected chi connectivity index (χ3v) is 3.15. The lowest BCUT2D eigenvalue weighted by molar-refractivity contribution is 0.0164. The van der Waals surface area contributed by atoms with Crippen LogP contribution < -0.4 is 4.74 Å². The first-order valence-electron chi connectivity index (χ1n) is 6.35. The molecule has 0 amide bonds. The Kier molecular flexibility index (Phi) is 5.42.